The molecule has 2 N–H and O–H groups in total. The lowest BCUT2D eigenvalue weighted by molar-refractivity contribution is -0.202. The zero-order chi connectivity index (χ0) is 31.7. The highest BCUT2D eigenvalue weighted by Crippen LogP contribution is 2.37. The second-order valence-corrected chi connectivity index (χ2v) is 12.1. The van der Waals surface area contributed by atoms with Crippen molar-refractivity contribution in [2.24, 2.45) is 5.41 Å². The Bertz CT molecular complexity index is 1010. The molecular weight excluding hydrogens is 564 g/mol. The molecule has 43 heavy (non-hydrogen) atoms. The molecule has 6 nitrogen and oxygen atoms in total. The van der Waals surface area contributed by atoms with Crippen molar-refractivity contribution >= 4 is 11.6 Å². The largest absolute Gasteiger partial charge is 0.494 e. The number of aliphatic hydroxyl groups excluding tert-OH is 2. The first-order valence-corrected chi connectivity index (χ1v) is 16.8. The Hall–Kier alpha value is -1.67. The van der Waals surface area contributed by atoms with E-state index in [1.54, 1.807) is 0 Å². The van der Waals surface area contributed by atoms with E-state index in [-0.39, 0.29) is 6.61 Å². The summed E-state index contributed by atoms with van der Waals surface area (Å²) in [5.41, 5.74) is 2.16. The highest BCUT2D eigenvalue weighted by Gasteiger charge is 2.45. The van der Waals surface area contributed by atoms with Crippen LogP contribution in [0.15, 0.2) is 42.5 Å². The second kappa shape index (κ2) is 20.4. The van der Waals surface area contributed by atoms with Gasteiger partial charge in [0.25, 0.3) is 0 Å². The molecule has 5 atom stereocenters. The monoisotopic (exact) mass is 620 g/mol. The summed E-state index contributed by atoms with van der Waals surface area (Å²) in [6.07, 6.45) is 4.16. The van der Waals surface area contributed by atoms with E-state index in [1.807, 2.05) is 56.3 Å². The van der Waals surface area contributed by atoms with Crippen LogP contribution in [-0.4, -0.2) is 61.6 Å². The minimum Gasteiger partial charge on any atom is -0.494 e. The fourth-order valence-corrected chi connectivity index (χ4v) is 5.28. The maximum absolute atomic E-state index is 12.0. The van der Waals surface area contributed by atoms with Gasteiger partial charge in [-0.1, -0.05) is 89.7 Å². The summed E-state index contributed by atoms with van der Waals surface area (Å²) in [6, 6.07) is 13.7. The minimum absolute atomic E-state index is 0.0567. The van der Waals surface area contributed by atoms with Crippen LogP contribution in [-0.2, 0) is 20.6 Å². The molecule has 0 aromatic heterocycles. The van der Waals surface area contributed by atoms with Crippen molar-refractivity contribution in [3.63, 3.8) is 0 Å². The van der Waals surface area contributed by atoms with Crippen molar-refractivity contribution in [3.8, 4) is 5.75 Å². The Morgan fingerprint density at radius 3 is 1.91 bits per heavy atom. The van der Waals surface area contributed by atoms with E-state index >= 15 is 0 Å². The van der Waals surface area contributed by atoms with Gasteiger partial charge in [0.1, 0.15) is 24.1 Å². The Balaban J connectivity index is 2.50. The Labute approximate surface area is 266 Å². The van der Waals surface area contributed by atoms with Gasteiger partial charge < -0.3 is 29.2 Å². The van der Waals surface area contributed by atoms with Crippen molar-refractivity contribution in [2.45, 2.75) is 117 Å². The first-order valence-electron chi connectivity index (χ1n) is 16.4. The maximum Gasteiger partial charge on any atom is 0.119 e. The van der Waals surface area contributed by atoms with Crippen LogP contribution in [0.3, 0.4) is 0 Å². The third-order valence-corrected chi connectivity index (χ3v) is 8.61. The summed E-state index contributed by atoms with van der Waals surface area (Å²) in [6.45, 7) is 14.6. The SMILES string of the molecule is CCCCO[C@H]([C@@H](OCCCC)[C@H](OCCCC)[C@@](C)(CC)CO)[C@@H](O)c1ccc(Cl)c(Cc2ccc(OCC)cc2)c1. The van der Waals surface area contributed by atoms with Gasteiger partial charge in [-0.3, -0.25) is 0 Å². The van der Waals surface area contributed by atoms with Gasteiger partial charge >= 0.3 is 0 Å². The summed E-state index contributed by atoms with van der Waals surface area (Å²) in [7, 11) is 0. The van der Waals surface area contributed by atoms with Crippen LogP contribution in [0.2, 0.25) is 5.02 Å². The first-order chi connectivity index (χ1) is 20.8. The summed E-state index contributed by atoms with van der Waals surface area (Å²) in [5, 5.41) is 23.3. The molecule has 0 saturated heterocycles. The van der Waals surface area contributed by atoms with Gasteiger partial charge in [0.2, 0.25) is 0 Å². The van der Waals surface area contributed by atoms with E-state index in [9.17, 15) is 10.2 Å². The highest BCUT2D eigenvalue weighted by atomic mass is 35.5. The lowest BCUT2D eigenvalue weighted by Crippen LogP contribution is -2.54. The minimum atomic E-state index is -0.989. The number of benzene rings is 2. The third kappa shape index (κ3) is 11.6. The molecule has 0 spiro atoms. The van der Waals surface area contributed by atoms with Crippen LogP contribution in [0.5, 0.6) is 5.75 Å². The van der Waals surface area contributed by atoms with Crippen molar-refractivity contribution in [2.75, 3.05) is 33.0 Å². The van der Waals surface area contributed by atoms with Gasteiger partial charge in [0.05, 0.1) is 19.3 Å². The van der Waals surface area contributed by atoms with Gasteiger partial charge in [-0.15, -0.1) is 0 Å². The van der Waals surface area contributed by atoms with Crippen molar-refractivity contribution in [1.29, 1.82) is 0 Å². The quantitative estimate of drug-likeness (QED) is 0.122. The Kier molecular flexibility index (Phi) is 17.8. The topological polar surface area (TPSA) is 77.4 Å². The van der Waals surface area contributed by atoms with Crippen LogP contribution in [0.4, 0.5) is 0 Å². The number of hydrogen-bond donors (Lipinski definition) is 2. The van der Waals surface area contributed by atoms with Crippen molar-refractivity contribution in [3.05, 3.63) is 64.2 Å². The number of halogens is 1. The van der Waals surface area contributed by atoms with Gasteiger partial charge in [0, 0.05) is 30.3 Å². The van der Waals surface area contributed by atoms with E-state index in [0.717, 1.165) is 55.4 Å². The smallest absolute Gasteiger partial charge is 0.119 e. The second-order valence-electron chi connectivity index (χ2n) is 11.7. The van der Waals surface area contributed by atoms with Gasteiger partial charge in [0.15, 0.2) is 0 Å². The van der Waals surface area contributed by atoms with Gasteiger partial charge in [-0.05, 0) is 73.9 Å². The average molecular weight is 621 g/mol. The fourth-order valence-electron chi connectivity index (χ4n) is 5.09. The van der Waals surface area contributed by atoms with Crippen molar-refractivity contribution < 1.29 is 29.2 Å². The van der Waals surface area contributed by atoms with Crippen LogP contribution < -0.4 is 4.74 Å². The number of unbranched alkanes of at least 4 members (excludes halogenated alkanes) is 3. The van der Waals surface area contributed by atoms with Crippen LogP contribution in [0.25, 0.3) is 0 Å². The third-order valence-electron chi connectivity index (χ3n) is 8.24. The fraction of sp³-hybridized carbons (Fsp3) is 0.667. The molecule has 2 rings (SSSR count). The molecule has 2 aromatic carbocycles. The first kappa shape index (κ1) is 37.5. The average Bonchev–Trinajstić information content (AvgIpc) is 3.02. The molecule has 0 unspecified atom stereocenters. The molecule has 0 saturated carbocycles. The zero-order valence-electron chi connectivity index (χ0n) is 27.4. The molecule has 0 amide bonds. The van der Waals surface area contributed by atoms with Gasteiger partial charge in [-0.2, -0.15) is 0 Å². The summed E-state index contributed by atoms with van der Waals surface area (Å²) >= 11 is 6.67. The standard InChI is InChI=1S/C36H57ClO6/c1-7-12-21-41-33(34(42-22-13-8-2)35(43-23-14-9-3)36(6,10-4)26-38)32(39)28-17-20-31(37)29(25-28)24-27-15-18-30(19-16-27)40-11-5/h15-20,25,32-35,38-39H,7-14,21-24,26H2,1-6H3/t32-,33-,34+,35-,36-/m0/s1. The van der Waals surface area contributed by atoms with E-state index in [4.69, 9.17) is 30.5 Å². The normalized spacial score (nSPS) is 15.9. The lowest BCUT2D eigenvalue weighted by Gasteiger charge is -2.44. The molecule has 0 fully saturated rings. The summed E-state index contributed by atoms with van der Waals surface area (Å²) < 4.78 is 25.2. The highest BCUT2D eigenvalue weighted by molar-refractivity contribution is 6.31. The summed E-state index contributed by atoms with van der Waals surface area (Å²) in [5.74, 6) is 0.834. The Morgan fingerprint density at radius 2 is 1.37 bits per heavy atom. The van der Waals surface area contributed by atoms with Gasteiger partial charge in [-0.25, -0.2) is 0 Å². The molecule has 0 aliphatic carbocycles. The molecule has 0 radical (unpaired) electrons. The molecule has 2 aromatic rings. The van der Waals surface area contributed by atoms with E-state index in [1.165, 1.54) is 0 Å². The predicted molar refractivity (Wildman–Crippen MR) is 176 cm³/mol. The zero-order valence-corrected chi connectivity index (χ0v) is 28.2. The van der Waals surface area contributed by atoms with E-state index < -0.39 is 29.8 Å². The molecular formula is C36H57ClO6. The number of hydrogen-bond acceptors (Lipinski definition) is 6. The molecule has 0 heterocycles. The molecule has 0 bridgehead atoms. The number of rotatable bonds is 23. The maximum atomic E-state index is 12.0. The van der Waals surface area contributed by atoms with Crippen LogP contribution in [0, 0.1) is 5.41 Å². The molecule has 244 valence electrons. The van der Waals surface area contributed by atoms with Crippen LogP contribution >= 0.6 is 11.6 Å². The predicted octanol–water partition coefficient (Wildman–Crippen LogP) is 8.33. The molecule has 0 aliphatic heterocycles. The lowest BCUT2D eigenvalue weighted by atomic mass is 9.77. The van der Waals surface area contributed by atoms with Crippen molar-refractivity contribution in [1.82, 2.24) is 0 Å². The van der Waals surface area contributed by atoms with Crippen LogP contribution in [0.1, 0.15) is 109 Å². The molecule has 7 heteroatoms. The molecule has 0 aliphatic rings. The van der Waals surface area contributed by atoms with E-state index in [0.29, 0.717) is 49.9 Å². The van der Waals surface area contributed by atoms with E-state index in [2.05, 4.69) is 27.7 Å². The summed E-state index contributed by atoms with van der Waals surface area (Å²) in [4.78, 5) is 0. The Morgan fingerprint density at radius 1 is 0.791 bits per heavy atom. The number of aliphatic hydroxyl groups is 2. The number of ether oxygens (including phenoxy) is 4.